The molecule has 0 atom stereocenters. The smallest absolute Gasteiger partial charge is 0.237 e. The van der Waals surface area contributed by atoms with Crippen molar-refractivity contribution in [2.45, 2.75) is 0 Å². The lowest BCUT2D eigenvalue weighted by molar-refractivity contribution is 0.455. The third-order valence-electron chi connectivity index (χ3n) is 1.50. The first-order valence-electron chi connectivity index (χ1n) is 3.96. The van der Waals surface area contributed by atoms with E-state index in [2.05, 4.69) is 16.0 Å². The zero-order valence-electron chi connectivity index (χ0n) is 7.14. The van der Waals surface area contributed by atoms with E-state index in [0.29, 0.717) is 11.6 Å². The number of hydrogen-bond donors (Lipinski definition) is 0. The Bertz CT molecular complexity index is 419. The molecular weight excluding hydrogens is 183 g/mol. The molecule has 0 bridgehead atoms. The van der Waals surface area contributed by atoms with Crippen LogP contribution in [0.1, 0.15) is 0 Å². The highest BCUT2D eigenvalue weighted by atomic mass is 19.1. The van der Waals surface area contributed by atoms with E-state index in [1.54, 1.807) is 6.07 Å². The molecule has 0 aliphatic heterocycles. The van der Waals surface area contributed by atoms with Crippen LogP contribution in [0.3, 0.4) is 0 Å². The number of rotatable bonds is 2. The fraction of sp³-hybridized carbons (Fsp3) is 0. The summed E-state index contributed by atoms with van der Waals surface area (Å²) in [5.41, 5.74) is 0. The molecule has 0 spiro atoms. The SMILES string of the molecule is Fc1[c]ccc(Oc2cnccn2)c1. The highest BCUT2D eigenvalue weighted by Gasteiger charge is 1.98. The lowest BCUT2D eigenvalue weighted by atomic mass is 10.3. The number of aromatic nitrogens is 2. The average Bonchev–Trinajstić information content (AvgIpc) is 2.19. The summed E-state index contributed by atoms with van der Waals surface area (Å²) in [6.45, 7) is 0. The summed E-state index contributed by atoms with van der Waals surface area (Å²) in [6.07, 6.45) is 4.49. The van der Waals surface area contributed by atoms with E-state index >= 15 is 0 Å². The van der Waals surface area contributed by atoms with E-state index in [4.69, 9.17) is 4.74 Å². The summed E-state index contributed by atoms with van der Waals surface area (Å²) in [7, 11) is 0. The normalized spacial score (nSPS) is 9.79. The van der Waals surface area contributed by atoms with Gasteiger partial charge in [-0.15, -0.1) is 0 Å². The predicted molar refractivity (Wildman–Crippen MR) is 47.3 cm³/mol. The fourth-order valence-corrected chi connectivity index (χ4v) is 0.940. The highest BCUT2D eigenvalue weighted by molar-refractivity contribution is 5.25. The molecule has 1 heterocycles. The van der Waals surface area contributed by atoms with Gasteiger partial charge in [0.25, 0.3) is 0 Å². The van der Waals surface area contributed by atoms with E-state index < -0.39 is 5.82 Å². The summed E-state index contributed by atoms with van der Waals surface area (Å²) in [5, 5.41) is 0. The fourth-order valence-electron chi connectivity index (χ4n) is 0.940. The van der Waals surface area contributed by atoms with Gasteiger partial charge in [-0.25, -0.2) is 9.37 Å². The molecule has 1 aromatic heterocycles. The van der Waals surface area contributed by atoms with Gasteiger partial charge in [-0.05, 0) is 12.1 Å². The van der Waals surface area contributed by atoms with Crippen molar-refractivity contribution in [3.8, 4) is 11.6 Å². The van der Waals surface area contributed by atoms with Gasteiger partial charge in [0.15, 0.2) is 0 Å². The van der Waals surface area contributed by atoms with Crippen LogP contribution in [0.25, 0.3) is 0 Å². The molecule has 0 saturated heterocycles. The molecule has 0 N–H and O–H groups in total. The Kier molecular flexibility index (Phi) is 2.36. The van der Waals surface area contributed by atoms with Crippen LogP contribution in [-0.4, -0.2) is 9.97 Å². The van der Waals surface area contributed by atoms with Gasteiger partial charge in [-0.1, -0.05) is 0 Å². The number of nitrogens with zero attached hydrogens (tertiary/aromatic N) is 2. The van der Waals surface area contributed by atoms with Gasteiger partial charge >= 0.3 is 0 Å². The molecular formula is C10H6FN2O. The van der Waals surface area contributed by atoms with Gasteiger partial charge in [0, 0.05) is 24.5 Å². The third kappa shape index (κ3) is 2.04. The molecule has 0 saturated carbocycles. The molecule has 14 heavy (non-hydrogen) atoms. The van der Waals surface area contributed by atoms with Gasteiger partial charge in [0.1, 0.15) is 11.6 Å². The van der Waals surface area contributed by atoms with Gasteiger partial charge < -0.3 is 4.74 Å². The van der Waals surface area contributed by atoms with Gasteiger partial charge in [-0.2, -0.15) is 0 Å². The lowest BCUT2D eigenvalue weighted by Gasteiger charge is -2.02. The van der Waals surface area contributed by atoms with Gasteiger partial charge in [0.05, 0.1) is 6.20 Å². The topological polar surface area (TPSA) is 35.0 Å². The van der Waals surface area contributed by atoms with Crippen LogP contribution in [0.5, 0.6) is 11.6 Å². The van der Waals surface area contributed by atoms with Crippen molar-refractivity contribution in [1.82, 2.24) is 9.97 Å². The van der Waals surface area contributed by atoms with Crippen LogP contribution in [0.4, 0.5) is 4.39 Å². The predicted octanol–water partition coefficient (Wildman–Crippen LogP) is 2.21. The summed E-state index contributed by atoms with van der Waals surface area (Å²) in [6, 6.07) is 6.65. The lowest BCUT2D eigenvalue weighted by Crippen LogP contribution is -1.88. The average molecular weight is 189 g/mol. The van der Waals surface area contributed by atoms with Crippen LogP contribution in [-0.2, 0) is 0 Å². The minimum Gasteiger partial charge on any atom is -0.437 e. The minimum absolute atomic E-state index is 0.332. The van der Waals surface area contributed by atoms with E-state index in [-0.39, 0.29) is 0 Å². The quantitative estimate of drug-likeness (QED) is 0.726. The first-order valence-corrected chi connectivity index (χ1v) is 3.96. The van der Waals surface area contributed by atoms with Crippen LogP contribution in [0, 0.1) is 11.9 Å². The molecule has 2 aromatic rings. The number of ether oxygens (including phenoxy) is 1. The Hall–Kier alpha value is -1.97. The standard InChI is InChI=1S/C10H6FN2O/c11-8-2-1-3-9(6-8)14-10-7-12-4-5-13-10/h1,3-7H. The maximum atomic E-state index is 12.7. The van der Waals surface area contributed by atoms with E-state index in [1.165, 1.54) is 30.7 Å². The third-order valence-corrected chi connectivity index (χ3v) is 1.50. The molecule has 69 valence electrons. The van der Waals surface area contributed by atoms with Crippen molar-refractivity contribution in [3.05, 3.63) is 48.7 Å². The minimum atomic E-state index is -0.466. The summed E-state index contributed by atoms with van der Waals surface area (Å²) in [5.74, 6) is 0.242. The monoisotopic (exact) mass is 189 g/mol. The molecule has 3 nitrogen and oxygen atoms in total. The Morgan fingerprint density at radius 3 is 3.00 bits per heavy atom. The second-order valence-electron chi connectivity index (χ2n) is 2.52. The van der Waals surface area contributed by atoms with E-state index in [0.717, 1.165) is 0 Å². The largest absolute Gasteiger partial charge is 0.437 e. The van der Waals surface area contributed by atoms with Crippen molar-refractivity contribution in [2.24, 2.45) is 0 Å². The molecule has 0 fully saturated rings. The molecule has 4 heteroatoms. The molecule has 0 unspecified atom stereocenters. The van der Waals surface area contributed by atoms with Gasteiger partial charge in [0.2, 0.25) is 5.88 Å². The summed E-state index contributed by atoms with van der Waals surface area (Å²) in [4.78, 5) is 7.70. The van der Waals surface area contributed by atoms with Crippen molar-refractivity contribution in [1.29, 1.82) is 0 Å². The Morgan fingerprint density at radius 2 is 2.29 bits per heavy atom. The molecule has 1 aromatic carbocycles. The Labute approximate surface area is 80.2 Å². The highest BCUT2D eigenvalue weighted by Crippen LogP contribution is 2.18. The van der Waals surface area contributed by atoms with Crippen molar-refractivity contribution < 1.29 is 9.13 Å². The van der Waals surface area contributed by atoms with Crippen LogP contribution in [0.15, 0.2) is 36.8 Å². The van der Waals surface area contributed by atoms with Crippen LogP contribution >= 0.6 is 0 Å². The second kappa shape index (κ2) is 3.83. The maximum Gasteiger partial charge on any atom is 0.237 e. The summed E-state index contributed by atoms with van der Waals surface area (Å²) >= 11 is 0. The van der Waals surface area contributed by atoms with Gasteiger partial charge in [-0.3, -0.25) is 4.98 Å². The second-order valence-corrected chi connectivity index (χ2v) is 2.52. The first-order chi connectivity index (χ1) is 6.84. The van der Waals surface area contributed by atoms with E-state index in [1.807, 2.05) is 0 Å². The molecule has 0 amide bonds. The molecule has 2 rings (SSSR count). The van der Waals surface area contributed by atoms with Crippen LogP contribution in [0.2, 0.25) is 0 Å². The number of halogens is 1. The first kappa shape index (κ1) is 8.62. The van der Waals surface area contributed by atoms with Crippen molar-refractivity contribution in [2.75, 3.05) is 0 Å². The molecule has 0 aliphatic rings. The number of hydrogen-bond acceptors (Lipinski definition) is 3. The van der Waals surface area contributed by atoms with Crippen LogP contribution < -0.4 is 4.74 Å². The van der Waals surface area contributed by atoms with Crippen molar-refractivity contribution in [3.63, 3.8) is 0 Å². The zero-order valence-corrected chi connectivity index (χ0v) is 7.14. The zero-order chi connectivity index (χ0) is 9.80. The molecule has 1 radical (unpaired) electrons. The Morgan fingerprint density at radius 1 is 1.36 bits per heavy atom. The van der Waals surface area contributed by atoms with E-state index in [9.17, 15) is 4.39 Å². The number of benzene rings is 1. The summed E-state index contributed by atoms with van der Waals surface area (Å²) < 4.78 is 17.9. The molecule has 0 aliphatic carbocycles. The maximum absolute atomic E-state index is 12.7. The Balaban J connectivity index is 2.19. The van der Waals surface area contributed by atoms with Crippen molar-refractivity contribution >= 4 is 0 Å².